The number of carbonyl (C=O) groups excluding carboxylic acids is 1. The second-order valence-corrected chi connectivity index (χ2v) is 5.20. The van der Waals surface area contributed by atoms with Crippen molar-refractivity contribution >= 4 is 27.5 Å². The molecular formula is C8H11ClN4O3S. The van der Waals surface area contributed by atoms with Crippen LogP contribution < -0.4 is 10.0 Å². The molecule has 1 aromatic rings. The highest BCUT2D eigenvalue weighted by Gasteiger charge is 2.21. The molecule has 0 spiro atoms. The number of aromatic nitrogens is 2. The van der Waals surface area contributed by atoms with Crippen LogP contribution in [0.2, 0.25) is 5.28 Å². The van der Waals surface area contributed by atoms with E-state index in [0.717, 1.165) is 12.4 Å². The molecule has 0 bridgehead atoms. The molecule has 9 heteroatoms. The zero-order valence-electron chi connectivity index (χ0n) is 9.14. The first kappa shape index (κ1) is 13.8. The zero-order chi connectivity index (χ0) is 13.1. The molecule has 2 N–H and O–H groups in total. The first-order valence-electron chi connectivity index (χ1n) is 4.58. The Kier molecular flexibility index (Phi) is 4.38. The van der Waals surface area contributed by atoms with Crippen LogP contribution in [0.15, 0.2) is 17.3 Å². The SMILES string of the molecule is CNC(=O)C(C)NS(=O)(=O)c1cnc(Cl)nc1. The fourth-order valence-corrected chi connectivity index (χ4v) is 2.20. The van der Waals surface area contributed by atoms with E-state index in [2.05, 4.69) is 20.0 Å². The van der Waals surface area contributed by atoms with Crippen LogP contribution in [0.5, 0.6) is 0 Å². The van der Waals surface area contributed by atoms with Crippen LogP contribution in [0, 0.1) is 0 Å². The molecule has 94 valence electrons. The fraction of sp³-hybridized carbons (Fsp3) is 0.375. The number of halogens is 1. The molecule has 0 aliphatic rings. The molecule has 1 atom stereocenters. The Hall–Kier alpha value is -1.25. The summed E-state index contributed by atoms with van der Waals surface area (Å²) in [6.45, 7) is 1.42. The molecule has 0 aromatic carbocycles. The number of rotatable bonds is 4. The number of likely N-dealkylation sites (N-methyl/N-ethyl adjacent to an activating group) is 1. The zero-order valence-corrected chi connectivity index (χ0v) is 10.7. The van der Waals surface area contributed by atoms with E-state index in [1.54, 1.807) is 0 Å². The van der Waals surface area contributed by atoms with Crippen molar-refractivity contribution < 1.29 is 13.2 Å². The van der Waals surface area contributed by atoms with Gasteiger partial charge in [-0.15, -0.1) is 0 Å². The van der Waals surface area contributed by atoms with Gasteiger partial charge >= 0.3 is 0 Å². The lowest BCUT2D eigenvalue weighted by atomic mass is 10.3. The number of sulfonamides is 1. The van der Waals surface area contributed by atoms with Crippen molar-refractivity contribution in [1.29, 1.82) is 0 Å². The molecule has 0 aliphatic heterocycles. The maximum absolute atomic E-state index is 11.8. The van der Waals surface area contributed by atoms with Crippen LogP contribution in [0.4, 0.5) is 0 Å². The second-order valence-electron chi connectivity index (χ2n) is 3.15. The highest BCUT2D eigenvalue weighted by Crippen LogP contribution is 2.08. The highest BCUT2D eigenvalue weighted by atomic mass is 35.5. The number of hydrogen-bond acceptors (Lipinski definition) is 5. The monoisotopic (exact) mass is 278 g/mol. The summed E-state index contributed by atoms with van der Waals surface area (Å²) in [7, 11) is -2.41. The fourth-order valence-electron chi connectivity index (χ4n) is 1.01. The van der Waals surface area contributed by atoms with E-state index in [-0.39, 0.29) is 10.2 Å². The number of hydrogen-bond donors (Lipinski definition) is 2. The van der Waals surface area contributed by atoms with Gasteiger partial charge in [0.2, 0.25) is 21.2 Å². The summed E-state index contributed by atoms with van der Waals surface area (Å²) in [4.78, 5) is 18.1. The van der Waals surface area contributed by atoms with Crippen molar-refractivity contribution in [1.82, 2.24) is 20.0 Å². The quantitative estimate of drug-likeness (QED) is 0.726. The predicted molar refractivity (Wildman–Crippen MR) is 60.9 cm³/mol. The van der Waals surface area contributed by atoms with Crippen LogP contribution in [-0.4, -0.2) is 37.4 Å². The maximum Gasteiger partial charge on any atom is 0.244 e. The third-order valence-corrected chi connectivity index (χ3v) is 3.57. The van der Waals surface area contributed by atoms with Gasteiger partial charge in [0.1, 0.15) is 4.90 Å². The molecular weight excluding hydrogens is 268 g/mol. The molecule has 0 fully saturated rings. The van der Waals surface area contributed by atoms with Gasteiger partial charge in [-0.05, 0) is 18.5 Å². The minimum atomic E-state index is -3.83. The summed E-state index contributed by atoms with van der Waals surface area (Å²) >= 11 is 5.44. The molecule has 0 saturated heterocycles. The first-order chi connectivity index (χ1) is 7.86. The molecule has 0 saturated carbocycles. The Balaban J connectivity index is 2.89. The Morgan fingerprint density at radius 2 is 1.94 bits per heavy atom. The van der Waals surface area contributed by atoms with Crippen molar-refractivity contribution in [3.05, 3.63) is 17.7 Å². The number of amides is 1. The van der Waals surface area contributed by atoms with E-state index in [1.165, 1.54) is 14.0 Å². The largest absolute Gasteiger partial charge is 0.358 e. The van der Waals surface area contributed by atoms with Crippen LogP contribution in [0.1, 0.15) is 6.92 Å². The van der Waals surface area contributed by atoms with E-state index >= 15 is 0 Å². The van der Waals surface area contributed by atoms with Crippen LogP contribution in [-0.2, 0) is 14.8 Å². The van der Waals surface area contributed by atoms with Crippen molar-refractivity contribution in [3.8, 4) is 0 Å². The lowest BCUT2D eigenvalue weighted by Gasteiger charge is -2.12. The summed E-state index contributed by atoms with van der Waals surface area (Å²) in [6.07, 6.45) is 2.13. The number of carbonyl (C=O) groups is 1. The molecule has 0 aliphatic carbocycles. The van der Waals surface area contributed by atoms with Crippen molar-refractivity contribution in [3.63, 3.8) is 0 Å². The van der Waals surface area contributed by atoms with Gasteiger partial charge in [0.25, 0.3) is 0 Å². The third kappa shape index (κ3) is 3.62. The smallest absolute Gasteiger partial charge is 0.244 e. The van der Waals surface area contributed by atoms with Gasteiger partial charge < -0.3 is 5.32 Å². The molecule has 1 unspecified atom stereocenters. The van der Waals surface area contributed by atoms with Crippen molar-refractivity contribution in [2.24, 2.45) is 0 Å². The van der Waals surface area contributed by atoms with Gasteiger partial charge in [0, 0.05) is 7.05 Å². The van der Waals surface area contributed by atoms with Gasteiger partial charge in [-0.1, -0.05) is 0 Å². The summed E-state index contributed by atoms with van der Waals surface area (Å²) in [5.41, 5.74) is 0. The maximum atomic E-state index is 11.8. The molecule has 1 rings (SSSR count). The summed E-state index contributed by atoms with van der Waals surface area (Å²) in [6, 6.07) is -0.888. The average molecular weight is 279 g/mol. The minimum absolute atomic E-state index is 0.0525. The topological polar surface area (TPSA) is 101 Å². The Labute approximate surface area is 104 Å². The van der Waals surface area contributed by atoms with Crippen LogP contribution in [0.25, 0.3) is 0 Å². The summed E-state index contributed by atoms with van der Waals surface area (Å²) in [5, 5.41) is 2.28. The van der Waals surface area contributed by atoms with E-state index in [4.69, 9.17) is 11.6 Å². The molecule has 0 radical (unpaired) electrons. The first-order valence-corrected chi connectivity index (χ1v) is 6.44. The lowest BCUT2D eigenvalue weighted by Crippen LogP contribution is -2.43. The Morgan fingerprint density at radius 3 is 2.41 bits per heavy atom. The van der Waals surface area contributed by atoms with E-state index < -0.39 is 22.0 Å². The van der Waals surface area contributed by atoms with Gasteiger partial charge in [0.15, 0.2) is 0 Å². The van der Waals surface area contributed by atoms with Gasteiger partial charge in [-0.3, -0.25) is 4.79 Å². The lowest BCUT2D eigenvalue weighted by molar-refractivity contribution is -0.121. The minimum Gasteiger partial charge on any atom is -0.358 e. The van der Waals surface area contributed by atoms with Crippen molar-refractivity contribution in [2.75, 3.05) is 7.05 Å². The van der Waals surface area contributed by atoms with Crippen LogP contribution in [0.3, 0.4) is 0 Å². The van der Waals surface area contributed by atoms with Gasteiger partial charge in [-0.2, -0.15) is 4.72 Å². The third-order valence-electron chi connectivity index (χ3n) is 1.88. The normalized spacial score (nSPS) is 13.1. The molecule has 1 heterocycles. The molecule has 1 amide bonds. The number of nitrogens with one attached hydrogen (secondary N) is 2. The highest BCUT2D eigenvalue weighted by molar-refractivity contribution is 7.89. The van der Waals surface area contributed by atoms with E-state index in [1.807, 2.05) is 0 Å². The van der Waals surface area contributed by atoms with Gasteiger partial charge in [-0.25, -0.2) is 18.4 Å². The van der Waals surface area contributed by atoms with E-state index in [9.17, 15) is 13.2 Å². The number of nitrogens with zero attached hydrogens (tertiary/aromatic N) is 2. The standard InChI is InChI=1S/C8H11ClN4O3S/c1-5(7(14)10-2)13-17(15,16)6-3-11-8(9)12-4-6/h3-5,13H,1-2H3,(H,10,14). The molecule has 7 nitrogen and oxygen atoms in total. The summed E-state index contributed by atoms with van der Waals surface area (Å²) in [5.74, 6) is -0.441. The van der Waals surface area contributed by atoms with Crippen LogP contribution >= 0.6 is 11.6 Å². The van der Waals surface area contributed by atoms with Gasteiger partial charge in [0.05, 0.1) is 18.4 Å². The summed E-state index contributed by atoms with van der Waals surface area (Å²) < 4.78 is 25.7. The predicted octanol–water partition coefficient (Wildman–Crippen LogP) is -0.457. The van der Waals surface area contributed by atoms with Crippen molar-refractivity contribution in [2.45, 2.75) is 17.9 Å². The molecule has 17 heavy (non-hydrogen) atoms. The Morgan fingerprint density at radius 1 is 1.41 bits per heavy atom. The Bertz CT molecular complexity index is 502. The average Bonchev–Trinajstić information content (AvgIpc) is 2.27. The second kappa shape index (κ2) is 5.39. The molecule has 1 aromatic heterocycles. The van der Waals surface area contributed by atoms with E-state index in [0.29, 0.717) is 0 Å².